The van der Waals surface area contributed by atoms with E-state index in [1.165, 1.54) is 116 Å². The van der Waals surface area contributed by atoms with E-state index in [-0.39, 0.29) is 23.8 Å². The molecule has 0 heterocycles. The lowest BCUT2D eigenvalue weighted by molar-refractivity contribution is -0.150. The fraction of sp³-hybridized carbons (Fsp3) is 0.962. The predicted octanol–water partition coefficient (Wildman–Crippen LogP) is 15.9. The van der Waals surface area contributed by atoms with E-state index in [0.29, 0.717) is 13.2 Å². The van der Waals surface area contributed by atoms with E-state index in [2.05, 4.69) is 46.4 Å². The number of nitrogens with zero attached hydrogens (tertiary/aromatic N) is 1. The normalized spacial score (nSPS) is 13.8. The summed E-state index contributed by atoms with van der Waals surface area (Å²) in [5.41, 5.74) is -0.608. The number of carbonyl (C=O) groups is 2. The summed E-state index contributed by atoms with van der Waals surface area (Å²) in [6, 6.07) is 0. The van der Waals surface area contributed by atoms with Crippen LogP contribution in [0.4, 0.5) is 0 Å². The first-order chi connectivity index (χ1) is 28.8. The molecule has 0 radical (unpaired) electrons. The van der Waals surface area contributed by atoms with Gasteiger partial charge >= 0.3 is 11.9 Å². The van der Waals surface area contributed by atoms with Crippen molar-refractivity contribution in [1.82, 2.24) is 4.90 Å². The van der Waals surface area contributed by atoms with Crippen LogP contribution in [0.2, 0.25) is 0 Å². The molecule has 0 bridgehead atoms. The number of unbranched alkanes of at least 4 members (excludes halogenated alkanes) is 21. The quantitative estimate of drug-likeness (QED) is 0.0486. The summed E-state index contributed by atoms with van der Waals surface area (Å²) in [5.74, 6) is 0.219. The molecule has 59 heavy (non-hydrogen) atoms. The fourth-order valence-electron chi connectivity index (χ4n) is 8.92. The van der Waals surface area contributed by atoms with Crippen LogP contribution >= 0.6 is 0 Å². The zero-order chi connectivity index (χ0) is 43.5. The van der Waals surface area contributed by atoms with Gasteiger partial charge in [-0.2, -0.15) is 0 Å². The molecule has 352 valence electrons. The largest absolute Gasteiger partial charge is 0.465 e. The molecule has 0 saturated carbocycles. The number of aliphatic hydroxyl groups is 1. The van der Waals surface area contributed by atoms with E-state index in [9.17, 15) is 14.7 Å². The number of hydrogen-bond acceptors (Lipinski definition) is 6. The highest BCUT2D eigenvalue weighted by molar-refractivity contribution is 5.72. The van der Waals surface area contributed by atoms with Crippen LogP contribution in [-0.2, 0) is 19.1 Å². The Balaban J connectivity index is 4.84. The molecule has 1 N–H and O–H groups in total. The Bertz CT molecular complexity index is 833. The van der Waals surface area contributed by atoms with Gasteiger partial charge in [-0.3, -0.25) is 9.59 Å². The number of ether oxygens (including phenoxy) is 2. The van der Waals surface area contributed by atoms with Crippen molar-refractivity contribution in [3.8, 4) is 0 Å². The van der Waals surface area contributed by atoms with E-state index in [4.69, 9.17) is 9.47 Å². The summed E-state index contributed by atoms with van der Waals surface area (Å²) in [6.45, 7) is 18.0. The van der Waals surface area contributed by atoms with Gasteiger partial charge in [-0.25, -0.2) is 0 Å². The molecule has 0 aliphatic rings. The lowest BCUT2D eigenvalue weighted by Gasteiger charge is -2.29. The zero-order valence-electron chi connectivity index (χ0n) is 40.9. The van der Waals surface area contributed by atoms with Gasteiger partial charge in [0.15, 0.2) is 0 Å². The summed E-state index contributed by atoms with van der Waals surface area (Å²) in [4.78, 5) is 28.7. The minimum Gasteiger partial charge on any atom is -0.465 e. The topological polar surface area (TPSA) is 76.1 Å². The van der Waals surface area contributed by atoms with Crippen molar-refractivity contribution in [3.63, 3.8) is 0 Å². The number of esters is 2. The van der Waals surface area contributed by atoms with Crippen LogP contribution in [0.3, 0.4) is 0 Å². The molecule has 6 heteroatoms. The third-order valence-corrected chi connectivity index (χ3v) is 12.8. The molecule has 0 aliphatic heterocycles. The van der Waals surface area contributed by atoms with Crippen LogP contribution in [0, 0.1) is 11.8 Å². The van der Waals surface area contributed by atoms with Crippen LogP contribution in [-0.4, -0.2) is 60.4 Å². The van der Waals surface area contributed by atoms with Gasteiger partial charge in [-0.05, 0) is 103 Å². The maximum Gasteiger partial charge on any atom is 0.308 e. The third kappa shape index (κ3) is 36.1. The van der Waals surface area contributed by atoms with Gasteiger partial charge < -0.3 is 19.5 Å². The Labute approximate surface area is 369 Å². The first-order valence-electron chi connectivity index (χ1n) is 26.6. The highest BCUT2D eigenvalue weighted by atomic mass is 16.5. The molecule has 0 aromatic rings. The summed E-state index contributed by atoms with van der Waals surface area (Å²) in [5, 5.41) is 12.0. The predicted molar refractivity (Wildman–Crippen MR) is 255 cm³/mol. The lowest BCUT2D eigenvalue weighted by atomic mass is 9.85. The van der Waals surface area contributed by atoms with Crippen LogP contribution in [0.15, 0.2) is 0 Å². The first-order valence-corrected chi connectivity index (χ1v) is 26.6. The fourth-order valence-corrected chi connectivity index (χ4v) is 8.92. The molecule has 2 atom stereocenters. The van der Waals surface area contributed by atoms with Crippen LogP contribution in [0.1, 0.15) is 279 Å². The molecular formula is C53H105NO5. The molecule has 6 nitrogen and oxygen atoms in total. The first kappa shape index (κ1) is 57.9. The Morgan fingerprint density at radius 2 is 0.695 bits per heavy atom. The maximum atomic E-state index is 13.1. The molecule has 0 saturated heterocycles. The number of rotatable bonds is 47. The van der Waals surface area contributed by atoms with Gasteiger partial charge in [-0.15, -0.1) is 0 Å². The minimum atomic E-state index is -0.608. The van der Waals surface area contributed by atoms with E-state index >= 15 is 0 Å². The van der Waals surface area contributed by atoms with Crippen LogP contribution in [0.5, 0.6) is 0 Å². The highest BCUT2D eigenvalue weighted by Crippen LogP contribution is 2.29. The molecule has 0 rings (SSSR count). The smallest absolute Gasteiger partial charge is 0.308 e. The van der Waals surface area contributed by atoms with Gasteiger partial charge in [0, 0.05) is 0 Å². The Morgan fingerprint density at radius 1 is 0.390 bits per heavy atom. The van der Waals surface area contributed by atoms with Crippen molar-refractivity contribution in [2.75, 3.05) is 32.8 Å². The molecular weight excluding hydrogens is 731 g/mol. The molecule has 0 aliphatic carbocycles. The van der Waals surface area contributed by atoms with Crippen molar-refractivity contribution < 1.29 is 24.2 Å². The van der Waals surface area contributed by atoms with E-state index in [1.807, 2.05) is 0 Å². The van der Waals surface area contributed by atoms with Gasteiger partial charge in [0.1, 0.15) is 0 Å². The third-order valence-electron chi connectivity index (χ3n) is 12.8. The zero-order valence-corrected chi connectivity index (χ0v) is 40.9. The number of hydrogen-bond donors (Lipinski definition) is 1. The van der Waals surface area contributed by atoms with E-state index < -0.39 is 5.60 Å². The average Bonchev–Trinajstić information content (AvgIpc) is 3.23. The molecule has 0 spiro atoms. The van der Waals surface area contributed by atoms with Crippen molar-refractivity contribution in [1.29, 1.82) is 0 Å². The molecule has 2 unspecified atom stereocenters. The Kier molecular flexibility index (Phi) is 42.7. The SMILES string of the molecule is CCCCCCCC(CCCCCC)C(=O)OCCCCCCC(O)(CCCCCCOC(=O)C(CCCCCC)CCCCCCC)CCCCN(CCC)CCC. The van der Waals surface area contributed by atoms with Gasteiger partial charge in [-0.1, -0.05) is 196 Å². The lowest BCUT2D eigenvalue weighted by Crippen LogP contribution is -2.30. The van der Waals surface area contributed by atoms with Crippen molar-refractivity contribution >= 4 is 11.9 Å². The summed E-state index contributed by atoms with van der Waals surface area (Å²) >= 11 is 0. The monoisotopic (exact) mass is 836 g/mol. The van der Waals surface area contributed by atoms with Crippen molar-refractivity contribution in [2.45, 2.75) is 285 Å². The second-order valence-electron chi connectivity index (χ2n) is 18.7. The Hall–Kier alpha value is -1.14. The second kappa shape index (κ2) is 43.5. The molecule has 0 amide bonds. The summed E-state index contributed by atoms with van der Waals surface area (Å²) in [7, 11) is 0. The van der Waals surface area contributed by atoms with Gasteiger partial charge in [0.25, 0.3) is 0 Å². The van der Waals surface area contributed by atoms with Crippen molar-refractivity contribution in [2.24, 2.45) is 11.8 Å². The van der Waals surface area contributed by atoms with E-state index in [1.54, 1.807) is 0 Å². The van der Waals surface area contributed by atoms with Gasteiger partial charge in [0.2, 0.25) is 0 Å². The van der Waals surface area contributed by atoms with Gasteiger partial charge in [0.05, 0.1) is 30.7 Å². The summed E-state index contributed by atoms with van der Waals surface area (Å²) < 4.78 is 11.7. The van der Waals surface area contributed by atoms with Crippen LogP contribution in [0.25, 0.3) is 0 Å². The Morgan fingerprint density at radius 3 is 1.05 bits per heavy atom. The van der Waals surface area contributed by atoms with Crippen LogP contribution < -0.4 is 0 Å². The molecule has 0 fully saturated rings. The second-order valence-corrected chi connectivity index (χ2v) is 18.7. The standard InChI is InChI=1S/C53H105NO5/c1-7-13-17-21-29-39-49(37-27-19-15-9-3)51(55)58-47-35-25-23-31-41-53(57,43-33-34-46-54(44-11-5)45-12-6)42-32-24-26-36-48-59-52(56)50(38-28-20-16-10-4)40-30-22-18-14-8-2/h49-50,57H,7-48H2,1-6H3. The highest BCUT2D eigenvalue weighted by Gasteiger charge is 2.26. The minimum absolute atomic E-state index is 0.0381. The van der Waals surface area contributed by atoms with E-state index in [0.717, 1.165) is 141 Å². The average molecular weight is 836 g/mol. The number of carbonyl (C=O) groups excluding carboxylic acids is 2. The molecule has 0 aromatic carbocycles. The maximum absolute atomic E-state index is 13.1. The molecule has 0 aromatic heterocycles. The summed E-state index contributed by atoms with van der Waals surface area (Å²) in [6.07, 6.45) is 41.2. The van der Waals surface area contributed by atoms with Crippen molar-refractivity contribution in [3.05, 3.63) is 0 Å².